The number of nitrogens with zero attached hydrogens (tertiary/aromatic N) is 1. The summed E-state index contributed by atoms with van der Waals surface area (Å²) in [6.45, 7) is 7.77. The molecule has 0 spiro atoms. The number of fused-ring (bicyclic) bond motifs is 1. The van der Waals surface area contributed by atoms with Crippen LogP contribution < -0.4 is 14.4 Å². The molecule has 3 rings (SSSR count). The first-order valence-corrected chi connectivity index (χ1v) is 10.7. The Morgan fingerprint density at radius 2 is 1.93 bits per heavy atom. The molecule has 0 bridgehead atoms. The van der Waals surface area contributed by atoms with E-state index in [1.54, 1.807) is 43.0 Å². The number of hydrogen-bond donors (Lipinski definition) is 1. The van der Waals surface area contributed by atoms with Gasteiger partial charge in [-0.05, 0) is 43.7 Å². The lowest BCUT2D eigenvalue weighted by atomic mass is 9.93. The second-order valence-electron chi connectivity index (χ2n) is 7.55. The van der Waals surface area contributed by atoms with E-state index in [-0.39, 0.29) is 18.3 Å². The van der Waals surface area contributed by atoms with Crippen LogP contribution in [0.5, 0.6) is 5.75 Å². The van der Waals surface area contributed by atoms with Crippen molar-refractivity contribution < 1.29 is 22.3 Å². The minimum atomic E-state index is -3.72. The summed E-state index contributed by atoms with van der Waals surface area (Å²) in [6.07, 6.45) is 1.63. The van der Waals surface area contributed by atoms with E-state index in [1.165, 1.54) is 24.3 Å². The van der Waals surface area contributed by atoms with Crippen LogP contribution in [0.4, 0.5) is 15.8 Å². The Balaban J connectivity index is 1.86. The molecule has 1 heterocycles. The van der Waals surface area contributed by atoms with Crippen LogP contribution in [0.25, 0.3) is 0 Å². The summed E-state index contributed by atoms with van der Waals surface area (Å²) in [5.41, 5.74) is 0.609. The molecule has 1 N–H and O–H groups in total. The number of hydrogen-bond acceptors (Lipinski definition) is 4. The number of amides is 1. The summed E-state index contributed by atoms with van der Waals surface area (Å²) >= 11 is 0. The van der Waals surface area contributed by atoms with E-state index in [2.05, 4.69) is 11.3 Å². The Hall–Kier alpha value is -2.87. The van der Waals surface area contributed by atoms with E-state index in [0.29, 0.717) is 29.2 Å². The zero-order chi connectivity index (χ0) is 21.2. The number of carbonyl (C=O) groups excluding carboxylic acids is 1. The highest BCUT2D eigenvalue weighted by Gasteiger charge is 2.37. The predicted molar refractivity (Wildman–Crippen MR) is 111 cm³/mol. The second kappa shape index (κ2) is 7.87. The number of benzene rings is 2. The minimum absolute atomic E-state index is 0.0965. The number of nitrogens with one attached hydrogen (secondary N) is 1. The van der Waals surface area contributed by atoms with Gasteiger partial charge in [-0.3, -0.25) is 9.52 Å². The van der Waals surface area contributed by atoms with Gasteiger partial charge in [0.25, 0.3) is 0 Å². The zero-order valence-electron chi connectivity index (χ0n) is 16.3. The van der Waals surface area contributed by atoms with Crippen molar-refractivity contribution in [1.82, 2.24) is 0 Å². The molecule has 1 aliphatic rings. The average Bonchev–Trinajstić information content (AvgIpc) is 2.74. The van der Waals surface area contributed by atoms with Gasteiger partial charge in [-0.2, -0.15) is 0 Å². The molecule has 0 fully saturated rings. The molecular formula is C21H23FN2O4S. The molecule has 0 aliphatic carbocycles. The van der Waals surface area contributed by atoms with Crippen molar-refractivity contribution in [1.29, 1.82) is 0 Å². The van der Waals surface area contributed by atoms with Crippen LogP contribution in [0.2, 0.25) is 0 Å². The van der Waals surface area contributed by atoms with Crippen LogP contribution in [-0.4, -0.2) is 27.5 Å². The largest absolute Gasteiger partial charge is 0.490 e. The first-order valence-electron chi connectivity index (χ1n) is 9.06. The summed E-state index contributed by atoms with van der Waals surface area (Å²) < 4.78 is 46.3. The van der Waals surface area contributed by atoms with Crippen molar-refractivity contribution >= 4 is 27.3 Å². The van der Waals surface area contributed by atoms with Crippen LogP contribution in [0, 0.1) is 11.2 Å². The van der Waals surface area contributed by atoms with Gasteiger partial charge in [-0.25, -0.2) is 12.8 Å². The molecule has 0 radical (unpaired) electrons. The maximum absolute atomic E-state index is 13.0. The third kappa shape index (κ3) is 4.76. The Morgan fingerprint density at radius 1 is 1.24 bits per heavy atom. The van der Waals surface area contributed by atoms with E-state index >= 15 is 0 Å². The van der Waals surface area contributed by atoms with Gasteiger partial charge in [0.05, 0.1) is 22.5 Å². The second-order valence-corrected chi connectivity index (χ2v) is 9.27. The highest BCUT2D eigenvalue weighted by molar-refractivity contribution is 7.91. The van der Waals surface area contributed by atoms with E-state index in [9.17, 15) is 17.6 Å². The highest BCUT2D eigenvalue weighted by Crippen LogP contribution is 2.38. The lowest BCUT2D eigenvalue weighted by Crippen LogP contribution is -2.42. The Morgan fingerprint density at radius 3 is 2.59 bits per heavy atom. The maximum Gasteiger partial charge on any atom is 0.236 e. The van der Waals surface area contributed by atoms with Gasteiger partial charge < -0.3 is 9.64 Å². The number of anilines is 2. The summed E-state index contributed by atoms with van der Waals surface area (Å²) in [4.78, 5) is 14.4. The fraction of sp³-hybridized carbons (Fsp3) is 0.286. The molecule has 0 unspecified atom stereocenters. The summed E-state index contributed by atoms with van der Waals surface area (Å²) in [7, 11) is -3.72. The molecule has 2 aromatic carbocycles. The smallest absolute Gasteiger partial charge is 0.236 e. The van der Waals surface area contributed by atoms with Crippen LogP contribution in [0.1, 0.15) is 19.4 Å². The van der Waals surface area contributed by atoms with Gasteiger partial charge in [0.15, 0.2) is 0 Å². The third-order valence-corrected chi connectivity index (χ3v) is 5.78. The van der Waals surface area contributed by atoms with E-state index < -0.39 is 21.3 Å². The van der Waals surface area contributed by atoms with Gasteiger partial charge >= 0.3 is 0 Å². The summed E-state index contributed by atoms with van der Waals surface area (Å²) in [6, 6.07) is 10.1. The van der Waals surface area contributed by atoms with Gasteiger partial charge in [0.1, 0.15) is 18.2 Å². The van der Waals surface area contributed by atoms with Gasteiger partial charge in [0, 0.05) is 12.6 Å². The predicted octanol–water partition coefficient (Wildman–Crippen LogP) is 3.71. The molecule has 0 saturated carbocycles. The van der Waals surface area contributed by atoms with Crippen molar-refractivity contribution in [3.8, 4) is 5.75 Å². The molecule has 1 aliphatic heterocycles. The lowest BCUT2D eigenvalue weighted by Gasteiger charge is -2.27. The molecular weight excluding hydrogens is 395 g/mol. The molecule has 0 atom stereocenters. The topological polar surface area (TPSA) is 75.7 Å². The van der Waals surface area contributed by atoms with Crippen molar-refractivity contribution in [3.05, 3.63) is 66.5 Å². The van der Waals surface area contributed by atoms with Gasteiger partial charge in [-0.15, -0.1) is 6.58 Å². The molecule has 154 valence electrons. The third-order valence-electron chi connectivity index (χ3n) is 4.52. The SMILES string of the molecule is C=CCN1C(=O)C(C)(C)COc2cc(NS(=O)(=O)Cc3ccc(F)cc3)ccc21. The molecule has 0 aromatic heterocycles. The summed E-state index contributed by atoms with van der Waals surface area (Å²) in [5, 5.41) is 0. The quantitative estimate of drug-likeness (QED) is 0.726. The van der Waals surface area contributed by atoms with E-state index in [0.717, 1.165) is 0 Å². The monoisotopic (exact) mass is 418 g/mol. The minimum Gasteiger partial charge on any atom is -0.490 e. The van der Waals surface area contributed by atoms with E-state index in [4.69, 9.17) is 4.74 Å². The Bertz CT molecular complexity index is 1030. The van der Waals surface area contributed by atoms with Crippen molar-refractivity contribution in [3.63, 3.8) is 0 Å². The Labute approximate surface area is 170 Å². The maximum atomic E-state index is 13.0. The van der Waals surface area contributed by atoms with Gasteiger partial charge in [-0.1, -0.05) is 18.2 Å². The van der Waals surface area contributed by atoms with Crippen LogP contribution in [-0.2, 0) is 20.6 Å². The van der Waals surface area contributed by atoms with Gasteiger partial charge in [0.2, 0.25) is 15.9 Å². The molecule has 0 saturated heterocycles. The highest BCUT2D eigenvalue weighted by atomic mass is 32.2. The van der Waals surface area contributed by atoms with Crippen molar-refractivity contribution in [2.75, 3.05) is 22.8 Å². The number of rotatable bonds is 6. The molecule has 1 amide bonds. The average molecular weight is 418 g/mol. The van der Waals surface area contributed by atoms with Crippen LogP contribution >= 0.6 is 0 Å². The fourth-order valence-electron chi connectivity index (χ4n) is 3.04. The van der Waals surface area contributed by atoms with E-state index in [1.807, 2.05) is 0 Å². The zero-order valence-corrected chi connectivity index (χ0v) is 17.1. The summed E-state index contributed by atoms with van der Waals surface area (Å²) in [5.74, 6) is -0.406. The van der Waals surface area contributed by atoms with Crippen LogP contribution in [0.3, 0.4) is 0 Å². The molecule has 29 heavy (non-hydrogen) atoms. The number of carbonyl (C=O) groups is 1. The first-order chi connectivity index (χ1) is 13.6. The Kier molecular flexibility index (Phi) is 5.66. The first kappa shape index (κ1) is 20.9. The number of sulfonamides is 1. The van der Waals surface area contributed by atoms with Crippen LogP contribution in [0.15, 0.2) is 55.1 Å². The molecule has 8 heteroatoms. The standard InChI is InChI=1S/C21H23FN2O4S/c1-4-11-24-18-10-9-17(12-19(18)28-14-21(2,3)20(24)25)23-29(26,27)13-15-5-7-16(22)8-6-15/h4-10,12,23H,1,11,13-14H2,2-3H3. The number of ether oxygens (including phenoxy) is 1. The number of halogens is 1. The molecule has 2 aromatic rings. The lowest BCUT2D eigenvalue weighted by molar-refractivity contribution is -0.127. The fourth-order valence-corrected chi connectivity index (χ4v) is 4.23. The molecule has 6 nitrogen and oxygen atoms in total. The van der Waals surface area contributed by atoms with Crippen molar-refractivity contribution in [2.24, 2.45) is 5.41 Å². The van der Waals surface area contributed by atoms with Crippen molar-refractivity contribution in [2.45, 2.75) is 19.6 Å². The normalized spacial score (nSPS) is 15.8.